The average molecular weight is 333 g/mol. The fraction of sp³-hybridized carbons (Fsp3) is 0.455. The predicted molar refractivity (Wildman–Crippen MR) is 70.9 cm³/mol. The first-order chi connectivity index (χ1) is 8.69. The van der Waals surface area contributed by atoms with Gasteiger partial charge < -0.3 is 9.30 Å². The topological polar surface area (TPSA) is 91.4 Å². The maximum atomic E-state index is 11.9. The van der Waals surface area contributed by atoms with Crippen LogP contribution in [0.3, 0.4) is 0 Å². The fourth-order valence-corrected chi connectivity index (χ4v) is 2.06. The largest absolute Gasteiger partial charge is 0.469 e. The van der Waals surface area contributed by atoms with Crippen LogP contribution in [-0.4, -0.2) is 22.6 Å². The van der Waals surface area contributed by atoms with Gasteiger partial charge in [0.25, 0.3) is 0 Å². The lowest BCUT2D eigenvalue weighted by Crippen LogP contribution is -2.35. The number of aromatic nitrogens is 1. The molecule has 8 heteroatoms. The molecule has 0 aliphatic carbocycles. The molecule has 104 valence electrons. The zero-order valence-electron chi connectivity index (χ0n) is 10.7. The number of esters is 1. The highest BCUT2D eigenvalue weighted by Gasteiger charge is 2.30. The van der Waals surface area contributed by atoms with Gasteiger partial charge in [0.1, 0.15) is 0 Å². The molecule has 19 heavy (non-hydrogen) atoms. The lowest BCUT2D eigenvalue weighted by molar-refractivity contribution is -0.386. The van der Waals surface area contributed by atoms with Crippen LogP contribution < -0.4 is 5.56 Å². The van der Waals surface area contributed by atoms with Gasteiger partial charge in [0.2, 0.25) is 0 Å². The SMILES string of the molecule is COC(=O)C(C)(C)Cn1cc(Br)cc([N+](=O)[O-])c1=O. The van der Waals surface area contributed by atoms with E-state index in [0.29, 0.717) is 4.47 Å². The van der Waals surface area contributed by atoms with Crippen molar-refractivity contribution in [1.29, 1.82) is 0 Å². The molecule has 1 aromatic rings. The highest BCUT2D eigenvalue weighted by Crippen LogP contribution is 2.21. The van der Waals surface area contributed by atoms with Gasteiger partial charge in [-0.3, -0.25) is 19.7 Å². The molecule has 1 rings (SSSR count). The smallest absolute Gasteiger partial charge is 0.335 e. The Kier molecular flexibility index (Phi) is 4.46. The van der Waals surface area contributed by atoms with Crippen molar-refractivity contribution >= 4 is 27.6 Å². The first-order valence-electron chi connectivity index (χ1n) is 5.32. The number of pyridine rings is 1. The molecule has 0 unspecified atom stereocenters. The van der Waals surface area contributed by atoms with Crippen molar-refractivity contribution in [2.24, 2.45) is 5.41 Å². The highest BCUT2D eigenvalue weighted by molar-refractivity contribution is 9.10. The zero-order valence-corrected chi connectivity index (χ0v) is 12.3. The molecule has 0 bridgehead atoms. The van der Waals surface area contributed by atoms with Crippen LogP contribution in [0.5, 0.6) is 0 Å². The Morgan fingerprint density at radius 3 is 2.63 bits per heavy atom. The van der Waals surface area contributed by atoms with Gasteiger partial charge in [-0.15, -0.1) is 0 Å². The molecular weight excluding hydrogens is 320 g/mol. The van der Waals surface area contributed by atoms with Gasteiger partial charge in [-0.1, -0.05) is 0 Å². The Balaban J connectivity index is 3.26. The van der Waals surface area contributed by atoms with Crippen LogP contribution in [0.1, 0.15) is 13.8 Å². The molecule has 0 amide bonds. The average Bonchev–Trinajstić information content (AvgIpc) is 2.31. The highest BCUT2D eigenvalue weighted by atomic mass is 79.9. The normalized spacial score (nSPS) is 11.2. The first kappa shape index (κ1) is 15.4. The second kappa shape index (κ2) is 5.52. The summed E-state index contributed by atoms with van der Waals surface area (Å²) in [7, 11) is 1.25. The maximum Gasteiger partial charge on any atom is 0.335 e. The Hall–Kier alpha value is -1.70. The van der Waals surface area contributed by atoms with E-state index in [2.05, 4.69) is 20.7 Å². The van der Waals surface area contributed by atoms with E-state index in [4.69, 9.17) is 0 Å². The number of carbonyl (C=O) groups is 1. The van der Waals surface area contributed by atoms with Gasteiger partial charge in [0.15, 0.2) is 0 Å². The number of halogens is 1. The van der Waals surface area contributed by atoms with E-state index in [9.17, 15) is 19.7 Å². The molecule has 0 aliphatic rings. The van der Waals surface area contributed by atoms with Crippen molar-refractivity contribution in [2.45, 2.75) is 20.4 Å². The molecule has 0 atom stereocenters. The van der Waals surface area contributed by atoms with Crippen molar-refractivity contribution in [3.05, 3.63) is 37.2 Å². The summed E-state index contributed by atoms with van der Waals surface area (Å²) in [6.45, 7) is 3.18. The van der Waals surface area contributed by atoms with Crippen molar-refractivity contribution in [3.8, 4) is 0 Å². The number of ether oxygens (including phenoxy) is 1. The predicted octanol–water partition coefficient (Wildman–Crippen LogP) is 1.72. The zero-order chi connectivity index (χ0) is 14.8. The van der Waals surface area contributed by atoms with E-state index in [1.807, 2.05) is 0 Å². The Labute approximate surface area is 117 Å². The lowest BCUT2D eigenvalue weighted by atomic mass is 9.93. The second-order valence-electron chi connectivity index (χ2n) is 4.61. The maximum absolute atomic E-state index is 11.9. The van der Waals surface area contributed by atoms with Crippen LogP contribution in [0, 0.1) is 15.5 Å². The third kappa shape index (κ3) is 3.40. The minimum atomic E-state index is -0.965. The third-order valence-electron chi connectivity index (χ3n) is 2.53. The second-order valence-corrected chi connectivity index (χ2v) is 5.52. The third-order valence-corrected chi connectivity index (χ3v) is 2.97. The van der Waals surface area contributed by atoms with E-state index in [1.54, 1.807) is 13.8 Å². The first-order valence-corrected chi connectivity index (χ1v) is 6.11. The van der Waals surface area contributed by atoms with Crippen LogP contribution in [0.4, 0.5) is 5.69 Å². The summed E-state index contributed by atoms with van der Waals surface area (Å²) in [6.07, 6.45) is 1.40. The number of carbonyl (C=O) groups excluding carboxylic acids is 1. The van der Waals surface area contributed by atoms with Crippen LogP contribution in [0.15, 0.2) is 21.5 Å². The lowest BCUT2D eigenvalue weighted by Gasteiger charge is -2.22. The van der Waals surface area contributed by atoms with Crippen molar-refractivity contribution in [3.63, 3.8) is 0 Å². The van der Waals surface area contributed by atoms with Crippen molar-refractivity contribution < 1.29 is 14.5 Å². The van der Waals surface area contributed by atoms with Crippen LogP contribution >= 0.6 is 15.9 Å². The molecule has 0 N–H and O–H groups in total. The molecule has 1 heterocycles. The van der Waals surface area contributed by atoms with E-state index in [1.165, 1.54) is 13.3 Å². The van der Waals surface area contributed by atoms with Gasteiger partial charge in [0.05, 0.1) is 17.4 Å². The minimum Gasteiger partial charge on any atom is -0.469 e. The Bertz CT molecular complexity index is 579. The van der Waals surface area contributed by atoms with Gasteiger partial charge in [0, 0.05) is 23.3 Å². The molecule has 0 spiro atoms. The summed E-state index contributed by atoms with van der Waals surface area (Å²) < 4.78 is 6.15. The van der Waals surface area contributed by atoms with E-state index in [-0.39, 0.29) is 6.54 Å². The summed E-state index contributed by atoms with van der Waals surface area (Å²) in [4.78, 5) is 33.5. The van der Waals surface area contributed by atoms with Crippen LogP contribution in [0.25, 0.3) is 0 Å². The summed E-state index contributed by atoms with van der Waals surface area (Å²) in [5.74, 6) is -0.498. The summed E-state index contributed by atoms with van der Waals surface area (Å²) in [6, 6.07) is 1.13. The molecule has 0 radical (unpaired) electrons. The van der Waals surface area contributed by atoms with E-state index >= 15 is 0 Å². The van der Waals surface area contributed by atoms with Crippen molar-refractivity contribution in [1.82, 2.24) is 4.57 Å². The molecule has 7 nitrogen and oxygen atoms in total. The monoisotopic (exact) mass is 332 g/mol. The van der Waals surface area contributed by atoms with Crippen molar-refractivity contribution in [2.75, 3.05) is 7.11 Å². The van der Waals surface area contributed by atoms with Gasteiger partial charge in [-0.25, -0.2) is 0 Å². The summed E-state index contributed by atoms with van der Waals surface area (Å²) in [5, 5.41) is 10.8. The number of nitro groups is 1. The van der Waals surface area contributed by atoms with Crippen LogP contribution in [0.2, 0.25) is 0 Å². The molecular formula is C11H13BrN2O5. The molecule has 0 aromatic carbocycles. The quantitative estimate of drug-likeness (QED) is 0.475. The van der Waals surface area contributed by atoms with E-state index < -0.39 is 27.6 Å². The number of hydrogen-bond acceptors (Lipinski definition) is 5. The number of methoxy groups -OCH3 is 1. The standard InChI is InChI=1S/C11H13BrN2O5/c1-11(2,10(16)19-3)6-13-5-7(12)4-8(9(13)15)14(17)18/h4-5H,6H2,1-3H3. The minimum absolute atomic E-state index is 0.0151. The van der Waals surface area contributed by atoms with Gasteiger partial charge in [-0.05, 0) is 29.8 Å². The molecule has 0 saturated heterocycles. The summed E-state index contributed by atoms with van der Waals surface area (Å²) >= 11 is 3.10. The summed E-state index contributed by atoms with van der Waals surface area (Å²) in [5.41, 5.74) is -2.27. The Morgan fingerprint density at radius 2 is 2.16 bits per heavy atom. The number of hydrogen-bond donors (Lipinski definition) is 0. The molecule has 1 aromatic heterocycles. The van der Waals surface area contributed by atoms with E-state index in [0.717, 1.165) is 10.6 Å². The fourth-order valence-electron chi connectivity index (χ4n) is 1.60. The molecule has 0 aliphatic heterocycles. The van der Waals surface area contributed by atoms with Crippen LogP contribution in [-0.2, 0) is 16.1 Å². The Morgan fingerprint density at radius 1 is 1.58 bits per heavy atom. The number of rotatable bonds is 4. The molecule has 0 fully saturated rings. The molecule has 0 saturated carbocycles. The van der Waals surface area contributed by atoms with Gasteiger partial charge in [-0.2, -0.15) is 0 Å². The van der Waals surface area contributed by atoms with Gasteiger partial charge >= 0.3 is 17.2 Å². The number of nitrogens with zero attached hydrogens (tertiary/aromatic N) is 2.